The molecule has 16 heavy (non-hydrogen) atoms. The SMILES string of the molecule is CCNC(CCc1ncnn1CC)COC. The third-order valence-corrected chi connectivity index (χ3v) is 2.57. The third-order valence-electron chi connectivity index (χ3n) is 2.57. The van der Waals surface area contributed by atoms with E-state index >= 15 is 0 Å². The van der Waals surface area contributed by atoms with E-state index in [0.29, 0.717) is 6.04 Å². The van der Waals surface area contributed by atoms with E-state index in [2.05, 4.69) is 29.2 Å². The Kier molecular flexibility index (Phi) is 6.03. The van der Waals surface area contributed by atoms with Gasteiger partial charge in [0.25, 0.3) is 0 Å². The molecular formula is C11H22N4O. The Balaban J connectivity index is 2.41. The van der Waals surface area contributed by atoms with Crippen LogP contribution in [0, 0.1) is 0 Å². The molecule has 0 fully saturated rings. The number of methoxy groups -OCH3 is 1. The van der Waals surface area contributed by atoms with Crippen LogP contribution < -0.4 is 5.32 Å². The first-order valence-electron chi connectivity index (χ1n) is 5.90. The van der Waals surface area contributed by atoms with E-state index in [9.17, 15) is 0 Å². The van der Waals surface area contributed by atoms with Crippen LogP contribution in [0.5, 0.6) is 0 Å². The maximum Gasteiger partial charge on any atom is 0.138 e. The molecule has 0 amide bonds. The highest BCUT2D eigenvalue weighted by Gasteiger charge is 2.09. The van der Waals surface area contributed by atoms with Gasteiger partial charge in [0.1, 0.15) is 12.2 Å². The van der Waals surface area contributed by atoms with Gasteiger partial charge in [0.2, 0.25) is 0 Å². The third kappa shape index (κ3) is 3.90. The Hall–Kier alpha value is -0.940. The molecule has 0 bridgehead atoms. The van der Waals surface area contributed by atoms with Crippen molar-refractivity contribution in [3.8, 4) is 0 Å². The van der Waals surface area contributed by atoms with Gasteiger partial charge in [-0.15, -0.1) is 0 Å². The first-order chi connectivity index (χ1) is 7.81. The van der Waals surface area contributed by atoms with Crippen LogP contribution in [-0.2, 0) is 17.7 Å². The van der Waals surface area contributed by atoms with Crippen molar-refractivity contribution in [3.63, 3.8) is 0 Å². The first-order valence-corrected chi connectivity index (χ1v) is 5.90. The summed E-state index contributed by atoms with van der Waals surface area (Å²) in [5, 5.41) is 7.56. The summed E-state index contributed by atoms with van der Waals surface area (Å²) in [5.74, 6) is 1.06. The average Bonchev–Trinajstić information content (AvgIpc) is 2.74. The number of rotatable bonds is 8. The number of aryl methyl sites for hydroxylation is 2. The van der Waals surface area contributed by atoms with Crippen molar-refractivity contribution >= 4 is 0 Å². The molecule has 0 radical (unpaired) electrons. The lowest BCUT2D eigenvalue weighted by Crippen LogP contribution is -2.33. The van der Waals surface area contributed by atoms with Gasteiger partial charge in [-0.3, -0.25) is 4.68 Å². The molecule has 1 atom stereocenters. The van der Waals surface area contributed by atoms with Crippen molar-refractivity contribution in [2.45, 2.75) is 39.3 Å². The molecule has 1 aromatic heterocycles. The molecule has 0 aliphatic rings. The van der Waals surface area contributed by atoms with Crippen molar-refractivity contribution < 1.29 is 4.74 Å². The Labute approximate surface area is 97.2 Å². The van der Waals surface area contributed by atoms with Crippen LogP contribution in [-0.4, -0.2) is 41.1 Å². The molecule has 5 heteroatoms. The van der Waals surface area contributed by atoms with Crippen LogP contribution in [0.15, 0.2) is 6.33 Å². The standard InChI is InChI=1S/C11H22N4O/c1-4-12-10(8-16-3)6-7-11-13-9-14-15(11)5-2/h9-10,12H,4-8H2,1-3H3. The highest BCUT2D eigenvalue weighted by molar-refractivity contribution is 4.86. The molecule has 1 unspecified atom stereocenters. The van der Waals surface area contributed by atoms with Crippen molar-refractivity contribution in [2.75, 3.05) is 20.3 Å². The highest BCUT2D eigenvalue weighted by atomic mass is 16.5. The molecular weight excluding hydrogens is 204 g/mol. The van der Waals surface area contributed by atoms with Gasteiger partial charge in [0, 0.05) is 26.1 Å². The van der Waals surface area contributed by atoms with Gasteiger partial charge in [-0.05, 0) is 19.9 Å². The van der Waals surface area contributed by atoms with Crippen LogP contribution in [0.3, 0.4) is 0 Å². The zero-order valence-electron chi connectivity index (χ0n) is 10.4. The predicted octanol–water partition coefficient (Wildman–Crippen LogP) is 0.855. The fourth-order valence-electron chi connectivity index (χ4n) is 1.78. The van der Waals surface area contributed by atoms with E-state index in [1.165, 1.54) is 0 Å². The second-order valence-corrected chi connectivity index (χ2v) is 3.74. The first kappa shape index (κ1) is 13.1. The van der Waals surface area contributed by atoms with E-state index in [4.69, 9.17) is 4.74 Å². The van der Waals surface area contributed by atoms with Crippen LogP contribution in [0.25, 0.3) is 0 Å². The van der Waals surface area contributed by atoms with Gasteiger partial charge in [-0.1, -0.05) is 6.92 Å². The smallest absolute Gasteiger partial charge is 0.138 e. The lowest BCUT2D eigenvalue weighted by Gasteiger charge is -2.16. The van der Waals surface area contributed by atoms with Crippen molar-refractivity contribution in [1.82, 2.24) is 20.1 Å². The minimum atomic E-state index is 0.400. The molecule has 0 aromatic carbocycles. The minimum absolute atomic E-state index is 0.400. The molecule has 0 saturated heterocycles. The normalized spacial score (nSPS) is 12.9. The number of hydrogen-bond acceptors (Lipinski definition) is 4. The summed E-state index contributed by atoms with van der Waals surface area (Å²) in [6, 6.07) is 0.400. The molecule has 92 valence electrons. The number of nitrogens with zero attached hydrogens (tertiary/aromatic N) is 3. The van der Waals surface area contributed by atoms with Crippen molar-refractivity contribution in [3.05, 3.63) is 12.2 Å². The largest absolute Gasteiger partial charge is 0.383 e. The summed E-state index contributed by atoms with van der Waals surface area (Å²) in [6.07, 6.45) is 3.59. The van der Waals surface area contributed by atoms with E-state index in [-0.39, 0.29) is 0 Å². The van der Waals surface area contributed by atoms with Crippen molar-refractivity contribution in [2.24, 2.45) is 0 Å². The summed E-state index contributed by atoms with van der Waals surface area (Å²) in [7, 11) is 1.74. The Morgan fingerprint density at radius 3 is 2.94 bits per heavy atom. The highest BCUT2D eigenvalue weighted by Crippen LogP contribution is 2.02. The van der Waals surface area contributed by atoms with Gasteiger partial charge in [-0.25, -0.2) is 4.98 Å². The van der Waals surface area contributed by atoms with Gasteiger partial charge in [0.05, 0.1) is 6.61 Å². The molecule has 5 nitrogen and oxygen atoms in total. The molecule has 0 saturated carbocycles. The molecule has 1 N–H and O–H groups in total. The van der Waals surface area contributed by atoms with Gasteiger partial charge >= 0.3 is 0 Å². The summed E-state index contributed by atoms with van der Waals surface area (Å²) in [4.78, 5) is 4.26. The fourth-order valence-corrected chi connectivity index (χ4v) is 1.78. The second kappa shape index (κ2) is 7.35. The number of ether oxygens (including phenoxy) is 1. The van der Waals surface area contributed by atoms with Crippen LogP contribution >= 0.6 is 0 Å². The quantitative estimate of drug-likeness (QED) is 0.714. The minimum Gasteiger partial charge on any atom is -0.383 e. The van der Waals surface area contributed by atoms with Crippen molar-refractivity contribution in [1.29, 1.82) is 0 Å². The Morgan fingerprint density at radius 1 is 1.50 bits per heavy atom. The Bertz CT molecular complexity index is 281. The molecule has 1 aromatic rings. The second-order valence-electron chi connectivity index (χ2n) is 3.74. The summed E-state index contributed by atoms with van der Waals surface area (Å²) in [6.45, 7) is 6.78. The number of hydrogen-bond donors (Lipinski definition) is 1. The lowest BCUT2D eigenvalue weighted by molar-refractivity contribution is 0.163. The Morgan fingerprint density at radius 2 is 2.31 bits per heavy atom. The molecule has 1 heterocycles. The van der Waals surface area contributed by atoms with Crippen LogP contribution in [0.4, 0.5) is 0 Å². The van der Waals surface area contributed by atoms with Crippen LogP contribution in [0.2, 0.25) is 0 Å². The van der Waals surface area contributed by atoms with E-state index in [0.717, 1.165) is 38.4 Å². The maximum atomic E-state index is 5.18. The average molecular weight is 226 g/mol. The lowest BCUT2D eigenvalue weighted by atomic mass is 10.1. The van der Waals surface area contributed by atoms with E-state index < -0.39 is 0 Å². The monoisotopic (exact) mass is 226 g/mol. The number of nitrogens with one attached hydrogen (secondary N) is 1. The molecule has 0 spiro atoms. The maximum absolute atomic E-state index is 5.18. The van der Waals surface area contributed by atoms with E-state index in [1.54, 1.807) is 13.4 Å². The molecule has 0 aliphatic heterocycles. The fraction of sp³-hybridized carbons (Fsp3) is 0.818. The van der Waals surface area contributed by atoms with Crippen LogP contribution in [0.1, 0.15) is 26.1 Å². The zero-order valence-corrected chi connectivity index (χ0v) is 10.4. The van der Waals surface area contributed by atoms with Gasteiger partial charge in [0.15, 0.2) is 0 Å². The molecule has 1 rings (SSSR count). The number of likely N-dealkylation sites (N-methyl/N-ethyl adjacent to an activating group) is 1. The predicted molar refractivity (Wildman–Crippen MR) is 63.4 cm³/mol. The zero-order chi connectivity index (χ0) is 11.8. The summed E-state index contributed by atoms with van der Waals surface area (Å²) in [5.41, 5.74) is 0. The van der Waals surface area contributed by atoms with E-state index in [1.807, 2.05) is 4.68 Å². The number of aromatic nitrogens is 3. The molecule has 0 aliphatic carbocycles. The van der Waals surface area contributed by atoms with Gasteiger partial charge < -0.3 is 10.1 Å². The summed E-state index contributed by atoms with van der Waals surface area (Å²) >= 11 is 0. The summed E-state index contributed by atoms with van der Waals surface area (Å²) < 4.78 is 7.12. The topological polar surface area (TPSA) is 52.0 Å². The van der Waals surface area contributed by atoms with Gasteiger partial charge in [-0.2, -0.15) is 5.10 Å².